The van der Waals surface area contributed by atoms with Gasteiger partial charge in [0.1, 0.15) is 5.82 Å². The Hall–Kier alpha value is -3.64. The van der Waals surface area contributed by atoms with Crippen molar-refractivity contribution in [3.8, 4) is 6.07 Å². The third-order valence-corrected chi connectivity index (χ3v) is 5.52. The molecule has 4 rings (SSSR count). The van der Waals surface area contributed by atoms with Crippen LogP contribution in [0, 0.1) is 11.3 Å². The van der Waals surface area contributed by atoms with Gasteiger partial charge in [-0.3, -0.25) is 9.69 Å². The molecule has 1 saturated heterocycles. The second-order valence-electron chi connectivity index (χ2n) is 7.57. The number of imidazole rings is 1. The van der Waals surface area contributed by atoms with Crippen LogP contribution >= 0.6 is 0 Å². The van der Waals surface area contributed by atoms with E-state index in [-0.39, 0.29) is 30.7 Å². The van der Waals surface area contributed by atoms with E-state index in [0.29, 0.717) is 24.4 Å². The van der Waals surface area contributed by atoms with Crippen LogP contribution in [0.15, 0.2) is 60.9 Å². The molecular formula is C23H20F3N5O. The van der Waals surface area contributed by atoms with Gasteiger partial charge < -0.3 is 9.88 Å². The van der Waals surface area contributed by atoms with E-state index in [1.165, 1.54) is 17.0 Å². The summed E-state index contributed by atoms with van der Waals surface area (Å²) in [4.78, 5) is 23.8. The number of nitriles is 1. The lowest BCUT2D eigenvalue weighted by atomic mass is 10.0. The van der Waals surface area contributed by atoms with Gasteiger partial charge in [-0.1, -0.05) is 18.2 Å². The average Bonchev–Trinajstić information content (AvgIpc) is 3.32. The fourth-order valence-corrected chi connectivity index (χ4v) is 3.88. The molecular weight excluding hydrogens is 419 g/mol. The van der Waals surface area contributed by atoms with Crippen molar-refractivity contribution in [2.24, 2.45) is 0 Å². The maximum atomic E-state index is 13.1. The summed E-state index contributed by atoms with van der Waals surface area (Å²) in [5.41, 5.74) is 1.01. The molecule has 1 amide bonds. The molecule has 1 fully saturated rings. The maximum Gasteiger partial charge on any atom is 0.416 e. The van der Waals surface area contributed by atoms with E-state index in [1.807, 2.05) is 17.0 Å². The van der Waals surface area contributed by atoms with E-state index in [9.17, 15) is 18.0 Å². The molecule has 6 nitrogen and oxygen atoms in total. The minimum Gasteiger partial charge on any atom is -0.347 e. The lowest BCUT2D eigenvalue weighted by molar-refractivity contribution is -0.137. The van der Waals surface area contributed by atoms with Crippen molar-refractivity contribution >= 4 is 11.6 Å². The number of anilines is 1. The highest BCUT2D eigenvalue weighted by Gasteiger charge is 2.34. The van der Waals surface area contributed by atoms with Crippen molar-refractivity contribution in [3.05, 3.63) is 83.4 Å². The van der Waals surface area contributed by atoms with E-state index >= 15 is 0 Å². The van der Waals surface area contributed by atoms with Gasteiger partial charge in [-0.2, -0.15) is 18.4 Å². The summed E-state index contributed by atoms with van der Waals surface area (Å²) in [6.45, 7) is 0.798. The molecule has 1 aliphatic heterocycles. The highest BCUT2D eigenvalue weighted by molar-refractivity contribution is 5.95. The Balaban J connectivity index is 1.53. The fraction of sp³-hybridized carbons (Fsp3) is 0.261. The number of benzene rings is 2. The lowest BCUT2D eigenvalue weighted by Crippen LogP contribution is -2.52. The Morgan fingerprint density at radius 2 is 1.94 bits per heavy atom. The minimum absolute atomic E-state index is 0.0535. The second kappa shape index (κ2) is 8.85. The van der Waals surface area contributed by atoms with Crippen molar-refractivity contribution < 1.29 is 18.0 Å². The van der Waals surface area contributed by atoms with Crippen LogP contribution in [0.5, 0.6) is 0 Å². The molecule has 0 radical (unpaired) electrons. The molecule has 1 aliphatic rings. The van der Waals surface area contributed by atoms with E-state index in [2.05, 4.69) is 16.0 Å². The smallest absolute Gasteiger partial charge is 0.347 e. The van der Waals surface area contributed by atoms with E-state index in [1.54, 1.807) is 24.5 Å². The third kappa shape index (κ3) is 4.65. The van der Waals surface area contributed by atoms with E-state index < -0.39 is 11.7 Å². The van der Waals surface area contributed by atoms with Crippen LogP contribution < -0.4 is 4.90 Å². The van der Waals surface area contributed by atoms with Gasteiger partial charge in [0.05, 0.1) is 29.8 Å². The predicted octanol–water partition coefficient (Wildman–Crippen LogP) is 3.93. The van der Waals surface area contributed by atoms with Crippen LogP contribution in [-0.2, 0) is 17.4 Å². The first kappa shape index (κ1) is 21.6. The number of hydrogen-bond donors (Lipinski definition) is 1. The summed E-state index contributed by atoms with van der Waals surface area (Å²) in [5.74, 6) is 0.432. The Morgan fingerprint density at radius 3 is 2.56 bits per heavy atom. The number of nitrogens with zero attached hydrogens (tertiary/aromatic N) is 4. The number of carbonyl (C=O) groups excluding carboxylic acids is 1. The number of hydrogen-bond acceptors (Lipinski definition) is 4. The van der Waals surface area contributed by atoms with Crippen LogP contribution in [0.4, 0.5) is 18.9 Å². The number of halogens is 3. The first-order valence-electron chi connectivity index (χ1n) is 10.0. The molecule has 1 aromatic heterocycles. The number of aromatic amines is 1. The number of H-pyrrole nitrogens is 1. The van der Waals surface area contributed by atoms with Gasteiger partial charge in [-0.05, 0) is 42.3 Å². The zero-order chi connectivity index (χ0) is 22.7. The van der Waals surface area contributed by atoms with Crippen LogP contribution in [-0.4, -0.2) is 40.4 Å². The number of carbonyl (C=O) groups is 1. The van der Waals surface area contributed by atoms with Crippen LogP contribution in [0.1, 0.15) is 28.6 Å². The summed E-state index contributed by atoms with van der Waals surface area (Å²) in [6.07, 6.45) is -0.550. The largest absolute Gasteiger partial charge is 0.416 e. The van der Waals surface area contributed by atoms with Gasteiger partial charge in [0.25, 0.3) is 0 Å². The zero-order valence-corrected chi connectivity index (χ0v) is 17.0. The molecule has 0 spiro atoms. The highest BCUT2D eigenvalue weighted by atomic mass is 19.4. The number of amides is 1. The van der Waals surface area contributed by atoms with Crippen LogP contribution in [0.3, 0.4) is 0 Å². The Kier molecular flexibility index (Phi) is 5.97. The topological polar surface area (TPSA) is 76.0 Å². The second-order valence-corrected chi connectivity index (χ2v) is 7.57. The van der Waals surface area contributed by atoms with Crippen molar-refractivity contribution in [1.82, 2.24) is 14.9 Å². The molecule has 1 N–H and O–H groups in total. The predicted molar refractivity (Wildman–Crippen MR) is 112 cm³/mol. The fourth-order valence-electron chi connectivity index (χ4n) is 3.88. The van der Waals surface area contributed by atoms with Crippen molar-refractivity contribution in [2.45, 2.75) is 18.6 Å². The minimum atomic E-state index is -4.47. The zero-order valence-electron chi connectivity index (χ0n) is 17.0. The SMILES string of the molecule is N#Cc1ccc(CC(c2ncc[nH]2)N2CCN(c3cccc(C(F)(F)F)c3)C(=O)C2)cc1. The van der Waals surface area contributed by atoms with Crippen molar-refractivity contribution in [1.29, 1.82) is 5.26 Å². The third-order valence-electron chi connectivity index (χ3n) is 5.52. The molecule has 0 aliphatic carbocycles. The van der Waals surface area contributed by atoms with Gasteiger partial charge in [0.15, 0.2) is 0 Å². The van der Waals surface area contributed by atoms with E-state index in [4.69, 9.17) is 5.26 Å². The number of aromatic nitrogens is 2. The molecule has 1 unspecified atom stereocenters. The maximum absolute atomic E-state index is 13.1. The Bertz CT molecular complexity index is 1120. The van der Waals surface area contributed by atoms with Gasteiger partial charge in [0, 0.05) is 31.2 Å². The van der Waals surface area contributed by atoms with Crippen molar-refractivity contribution in [3.63, 3.8) is 0 Å². The molecule has 2 heterocycles. The normalized spacial score (nSPS) is 16.1. The first-order valence-corrected chi connectivity index (χ1v) is 10.0. The quantitative estimate of drug-likeness (QED) is 0.654. The number of piperazine rings is 1. The Labute approximate surface area is 182 Å². The van der Waals surface area contributed by atoms with Gasteiger partial charge in [-0.25, -0.2) is 4.98 Å². The summed E-state index contributed by atoms with van der Waals surface area (Å²) in [6, 6.07) is 13.9. The summed E-state index contributed by atoms with van der Waals surface area (Å²) in [5, 5.41) is 9.00. The number of nitrogens with one attached hydrogen (secondary N) is 1. The van der Waals surface area contributed by atoms with Crippen LogP contribution in [0.2, 0.25) is 0 Å². The monoisotopic (exact) mass is 439 g/mol. The molecule has 1 atom stereocenters. The number of alkyl halides is 3. The van der Waals surface area contributed by atoms with Crippen LogP contribution in [0.25, 0.3) is 0 Å². The molecule has 164 valence electrons. The molecule has 2 aromatic carbocycles. The van der Waals surface area contributed by atoms with Gasteiger partial charge in [0.2, 0.25) is 5.91 Å². The van der Waals surface area contributed by atoms with Crippen molar-refractivity contribution in [2.75, 3.05) is 24.5 Å². The van der Waals surface area contributed by atoms with Gasteiger partial charge >= 0.3 is 6.18 Å². The summed E-state index contributed by atoms with van der Waals surface area (Å²) in [7, 11) is 0. The van der Waals surface area contributed by atoms with E-state index in [0.717, 1.165) is 17.7 Å². The molecule has 0 saturated carbocycles. The summed E-state index contributed by atoms with van der Waals surface area (Å²) >= 11 is 0. The lowest BCUT2D eigenvalue weighted by Gasteiger charge is -2.38. The molecule has 3 aromatic rings. The summed E-state index contributed by atoms with van der Waals surface area (Å²) < 4.78 is 39.2. The molecule has 9 heteroatoms. The molecule has 32 heavy (non-hydrogen) atoms. The average molecular weight is 439 g/mol. The molecule has 0 bridgehead atoms. The highest BCUT2D eigenvalue weighted by Crippen LogP contribution is 2.32. The number of rotatable bonds is 5. The Morgan fingerprint density at radius 1 is 1.16 bits per heavy atom. The van der Waals surface area contributed by atoms with Gasteiger partial charge in [-0.15, -0.1) is 0 Å². The first-order chi connectivity index (χ1) is 15.3. The standard InChI is InChI=1S/C23H20F3N5O/c24-23(25,26)18-2-1-3-19(13-18)31-11-10-30(15-21(31)32)20(22-28-8-9-29-22)12-16-4-6-17(14-27)7-5-16/h1-9,13,20H,10-12,15H2,(H,28,29).